The fraction of sp³-hybridized carbons (Fsp3) is 0.360. The first-order valence-electron chi connectivity index (χ1n) is 11.1. The molecule has 0 bridgehead atoms. The van der Waals surface area contributed by atoms with E-state index >= 15 is 0 Å². The molecule has 1 fully saturated rings. The van der Waals surface area contributed by atoms with Crippen molar-refractivity contribution in [1.82, 2.24) is 5.32 Å². The molecule has 1 aliphatic carbocycles. The van der Waals surface area contributed by atoms with Gasteiger partial charge < -0.3 is 20.7 Å². The topological polar surface area (TPSA) is 119 Å². The second kappa shape index (κ2) is 11.8. The summed E-state index contributed by atoms with van der Waals surface area (Å²) < 4.78 is 5.31. The van der Waals surface area contributed by atoms with Crippen molar-refractivity contribution < 1.29 is 23.9 Å². The molecule has 3 rings (SSSR count). The van der Waals surface area contributed by atoms with Crippen LogP contribution < -0.4 is 16.0 Å². The van der Waals surface area contributed by atoms with Crippen molar-refractivity contribution >= 4 is 29.9 Å². The third-order valence-electron chi connectivity index (χ3n) is 5.87. The highest BCUT2D eigenvalue weighted by Crippen LogP contribution is 2.24. The van der Waals surface area contributed by atoms with Crippen LogP contribution >= 0.6 is 0 Å². The van der Waals surface area contributed by atoms with E-state index in [1.165, 1.54) is 4.90 Å². The molecule has 1 saturated carbocycles. The zero-order chi connectivity index (χ0) is 23.6. The predicted molar refractivity (Wildman–Crippen MR) is 123 cm³/mol. The Morgan fingerprint density at radius 3 is 2.30 bits per heavy atom. The Kier molecular flexibility index (Phi) is 8.57. The summed E-state index contributed by atoms with van der Waals surface area (Å²) in [4.78, 5) is 50.4. The summed E-state index contributed by atoms with van der Waals surface area (Å²) in [6, 6.07) is 16.7. The van der Waals surface area contributed by atoms with Crippen LogP contribution in [-0.2, 0) is 30.3 Å². The zero-order valence-electron chi connectivity index (χ0n) is 18.4. The number of nitrogens with one attached hydrogen (secondary N) is 1. The monoisotopic (exact) mass is 451 g/mol. The first-order valence-corrected chi connectivity index (χ1v) is 11.1. The van der Waals surface area contributed by atoms with E-state index in [9.17, 15) is 19.2 Å². The lowest BCUT2D eigenvalue weighted by Gasteiger charge is -2.30. The summed E-state index contributed by atoms with van der Waals surface area (Å²) in [6.07, 6.45) is 3.86. The minimum Gasteiger partial charge on any atom is -0.454 e. The number of carbonyl (C=O) groups is 4. The summed E-state index contributed by atoms with van der Waals surface area (Å²) in [5, 5.41) is 2.77. The molecule has 1 aliphatic rings. The van der Waals surface area contributed by atoms with E-state index in [1.54, 1.807) is 24.3 Å². The minimum atomic E-state index is -0.951. The van der Waals surface area contributed by atoms with Gasteiger partial charge in [0.05, 0.1) is 5.92 Å². The molecule has 0 heterocycles. The standard InChI is InChI=1S/C25H29N3O5/c26-24(31)20-13-7-8-14-21(20)27-23(30)16-33-25(32)22(15-18-9-3-1-4-10-18)28(17-29)19-11-5-2-6-12-19/h1-6,9-12,17,20-22H,7-8,13-16H2,(H2,26,31)(H,27,30)/t20?,21?,22-/m0/s1. The van der Waals surface area contributed by atoms with Gasteiger partial charge in [-0.25, -0.2) is 4.79 Å². The smallest absolute Gasteiger partial charge is 0.330 e. The number of para-hydroxylation sites is 1. The molecule has 3 atom stereocenters. The number of hydrogen-bond acceptors (Lipinski definition) is 5. The van der Waals surface area contributed by atoms with Crippen LogP contribution in [0.25, 0.3) is 0 Å². The maximum absolute atomic E-state index is 13.0. The van der Waals surface area contributed by atoms with Crippen molar-refractivity contribution in [1.29, 1.82) is 0 Å². The van der Waals surface area contributed by atoms with Gasteiger partial charge in [0.15, 0.2) is 6.61 Å². The van der Waals surface area contributed by atoms with Crippen LogP contribution in [0.5, 0.6) is 0 Å². The average Bonchev–Trinajstić information content (AvgIpc) is 2.84. The SMILES string of the molecule is NC(=O)C1CCCCC1NC(=O)COC(=O)[C@H](Cc1ccccc1)N(C=O)c1ccccc1. The number of ether oxygens (including phenoxy) is 1. The van der Waals surface area contributed by atoms with E-state index in [-0.39, 0.29) is 12.5 Å². The molecule has 2 aromatic rings. The van der Waals surface area contributed by atoms with Gasteiger partial charge in [-0.3, -0.25) is 14.4 Å². The van der Waals surface area contributed by atoms with Crippen molar-refractivity contribution in [3.63, 3.8) is 0 Å². The summed E-state index contributed by atoms with van der Waals surface area (Å²) in [6.45, 7) is -0.506. The molecule has 0 spiro atoms. The number of benzene rings is 2. The molecule has 174 valence electrons. The molecule has 2 aromatic carbocycles. The number of nitrogens with two attached hydrogens (primary N) is 1. The van der Waals surface area contributed by atoms with Gasteiger partial charge in [0.1, 0.15) is 6.04 Å². The van der Waals surface area contributed by atoms with Crippen LogP contribution in [0.4, 0.5) is 5.69 Å². The Morgan fingerprint density at radius 2 is 1.67 bits per heavy atom. The quantitative estimate of drug-likeness (QED) is 0.423. The normalized spacial score (nSPS) is 18.5. The largest absolute Gasteiger partial charge is 0.454 e. The molecule has 0 aromatic heterocycles. The van der Waals surface area contributed by atoms with E-state index in [4.69, 9.17) is 10.5 Å². The highest BCUT2D eigenvalue weighted by molar-refractivity contribution is 5.90. The van der Waals surface area contributed by atoms with Gasteiger partial charge in [0, 0.05) is 18.2 Å². The molecule has 0 saturated heterocycles. The minimum absolute atomic E-state index is 0.224. The van der Waals surface area contributed by atoms with E-state index < -0.39 is 36.4 Å². The number of carbonyl (C=O) groups excluding carboxylic acids is 4. The van der Waals surface area contributed by atoms with E-state index in [0.29, 0.717) is 24.9 Å². The van der Waals surface area contributed by atoms with E-state index in [1.807, 2.05) is 36.4 Å². The van der Waals surface area contributed by atoms with E-state index in [0.717, 1.165) is 18.4 Å². The first kappa shape index (κ1) is 24.0. The van der Waals surface area contributed by atoms with Crippen LogP contribution in [0.15, 0.2) is 60.7 Å². The molecule has 3 N–H and O–H groups in total. The Bertz CT molecular complexity index is 951. The lowest BCUT2D eigenvalue weighted by molar-refractivity contribution is -0.150. The van der Waals surface area contributed by atoms with Gasteiger partial charge in [-0.15, -0.1) is 0 Å². The molecular weight excluding hydrogens is 422 g/mol. The van der Waals surface area contributed by atoms with Gasteiger partial charge in [-0.05, 0) is 30.5 Å². The van der Waals surface area contributed by atoms with Gasteiger partial charge in [-0.1, -0.05) is 61.4 Å². The Morgan fingerprint density at radius 1 is 1.03 bits per heavy atom. The molecule has 8 nitrogen and oxygen atoms in total. The van der Waals surface area contributed by atoms with Crippen LogP contribution in [0, 0.1) is 5.92 Å². The van der Waals surface area contributed by atoms with Gasteiger partial charge in [-0.2, -0.15) is 0 Å². The van der Waals surface area contributed by atoms with Crippen molar-refractivity contribution in [2.75, 3.05) is 11.5 Å². The van der Waals surface area contributed by atoms with Crippen molar-refractivity contribution in [3.8, 4) is 0 Å². The summed E-state index contributed by atoms with van der Waals surface area (Å²) in [5.41, 5.74) is 6.85. The fourth-order valence-corrected chi connectivity index (χ4v) is 4.17. The Balaban J connectivity index is 1.68. The predicted octanol–water partition coefficient (Wildman–Crippen LogP) is 1.96. The molecule has 2 unspecified atom stereocenters. The fourth-order valence-electron chi connectivity index (χ4n) is 4.17. The number of hydrogen-bond donors (Lipinski definition) is 2. The molecule has 3 amide bonds. The Hall–Kier alpha value is -3.68. The third kappa shape index (κ3) is 6.65. The van der Waals surface area contributed by atoms with Crippen LogP contribution in [0.2, 0.25) is 0 Å². The summed E-state index contributed by atoms with van der Waals surface area (Å²) >= 11 is 0. The number of rotatable bonds is 10. The number of anilines is 1. The summed E-state index contributed by atoms with van der Waals surface area (Å²) in [7, 11) is 0. The van der Waals surface area contributed by atoms with Crippen molar-refractivity contribution in [2.24, 2.45) is 11.7 Å². The first-order chi connectivity index (χ1) is 16.0. The molecule has 0 aliphatic heterocycles. The van der Waals surface area contributed by atoms with Crippen LogP contribution in [0.1, 0.15) is 31.2 Å². The maximum Gasteiger partial charge on any atom is 0.330 e. The third-order valence-corrected chi connectivity index (χ3v) is 5.87. The molecular formula is C25H29N3O5. The highest BCUT2D eigenvalue weighted by Gasteiger charge is 2.32. The van der Waals surface area contributed by atoms with Gasteiger partial charge in [0.25, 0.3) is 5.91 Å². The molecule has 0 radical (unpaired) electrons. The van der Waals surface area contributed by atoms with Gasteiger partial charge >= 0.3 is 5.97 Å². The maximum atomic E-state index is 13.0. The number of amides is 3. The van der Waals surface area contributed by atoms with Gasteiger partial charge in [0.2, 0.25) is 12.3 Å². The second-order valence-electron chi connectivity index (χ2n) is 8.13. The van der Waals surface area contributed by atoms with Crippen LogP contribution in [0.3, 0.4) is 0 Å². The number of esters is 1. The summed E-state index contributed by atoms with van der Waals surface area (Å²) in [5.74, 6) is -2.06. The highest BCUT2D eigenvalue weighted by atomic mass is 16.5. The zero-order valence-corrected chi connectivity index (χ0v) is 18.4. The van der Waals surface area contributed by atoms with Crippen molar-refractivity contribution in [3.05, 3.63) is 66.2 Å². The average molecular weight is 452 g/mol. The number of primary amides is 1. The van der Waals surface area contributed by atoms with Crippen LogP contribution in [-0.4, -0.2) is 42.9 Å². The Labute approximate surface area is 193 Å². The lowest BCUT2D eigenvalue weighted by atomic mass is 9.84. The second-order valence-corrected chi connectivity index (χ2v) is 8.13. The number of nitrogens with zero attached hydrogens (tertiary/aromatic N) is 1. The van der Waals surface area contributed by atoms with Crippen molar-refractivity contribution in [2.45, 2.75) is 44.2 Å². The molecule has 33 heavy (non-hydrogen) atoms. The lowest BCUT2D eigenvalue weighted by Crippen LogP contribution is -2.49. The molecule has 8 heteroatoms. The van der Waals surface area contributed by atoms with E-state index in [2.05, 4.69) is 5.32 Å².